The third-order valence-electron chi connectivity index (χ3n) is 3.09. The fraction of sp³-hybridized carbons (Fsp3) is 0.333. The molecular weight excluding hydrogens is 212 g/mol. The molecule has 90 valence electrons. The Morgan fingerprint density at radius 1 is 1.00 bits per heavy atom. The molecule has 0 saturated carbocycles. The molecular formula is C15H18O2. The second kappa shape index (κ2) is 4.47. The van der Waals surface area contributed by atoms with Gasteiger partial charge in [-0.15, -0.1) is 0 Å². The monoisotopic (exact) mass is 230 g/mol. The van der Waals surface area contributed by atoms with E-state index in [0.717, 1.165) is 5.56 Å². The van der Waals surface area contributed by atoms with Crippen molar-refractivity contribution in [2.45, 2.75) is 31.5 Å². The molecule has 0 fully saturated rings. The summed E-state index contributed by atoms with van der Waals surface area (Å²) in [5.74, 6) is -1.12. The van der Waals surface area contributed by atoms with Crippen LogP contribution in [0.4, 0.5) is 0 Å². The van der Waals surface area contributed by atoms with E-state index >= 15 is 0 Å². The first-order valence-electron chi connectivity index (χ1n) is 5.91. The highest BCUT2D eigenvalue weighted by Crippen LogP contribution is 2.26. The van der Waals surface area contributed by atoms with Crippen molar-refractivity contribution in [2.75, 3.05) is 0 Å². The number of rotatable bonds is 2. The Morgan fingerprint density at radius 2 is 1.53 bits per heavy atom. The van der Waals surface area contributed by atoms with Gasteiger partial charge in [0.1, 0.15) is 0 Å². The first-order valence-corrected chi connectivity index (χ1v) is 5.91. The molecule has 0 unspecified atom stereocenters. The van der Waals surface area contributed by atoms with E-state index in [1.165, 1.54) is 17.7 Å². The molecule has 0 heterocycles. The van der Waals surface area contributed by atoms with Crippen molar-refractivity contribution in [3.63, 3.8) is 0 Å². The van der Waals surface area contributed by atoms with Crippen LogP contribution in [0.25, 0.3) is 0 Å². The Hall–Kier alpha value is -1.38. The average molecular weight is 230 g/mol. The van der Waals surface area contributed by atoms with Crippen molar-refractivity contribution in [3.8, 4) is 0 Å². The molecule has 0 atom stereocenters. The molecule has 0 amide bonds. The van der Waals surface area contributed by atoms with Gasteiger partial charge in [0.15, 0.2) is 0 Å². The predicted molar refractivity (Wildman–Crippen MR) is 68.7 cm³/mol. The first kappa shape index (κ1) is 12.1. The van der Waals surface area contributed by atoms with Crippen molar-refractivity contribution in [1.82, 2.24) is 0 Å². The number of hydrogen-bond donors (Lipinski definition) is 2. The summed E-state index contributed by atoms with van der Waals surface area (Å²) in [7, 11) is 0. The summed E-state index contributed by atoms with van der Waals surface area (Å²) >= 11 is 0. The minimum absolute atomic E-state index is 0.128. The zero-order valence-electron chi connectivity index (χ0n) is 10.2. The normalized spacial score (nSPS) is 18.9. The van der Waals surface area contributed by atoms with E-state index in [0.29, 0.717) is 5.92 Å². The third kappa shape index (κ3) is 2.84. The van der Waals surface area contributed by atoms with Crippen LogP contribution in [0.3, 0.4) is 0 Å². The van der Waals surface area contributed by atoms with E-state index < -0.39 is 5.79 Å². The number of allylic oxidation sites excluding steroid dienone is 2. The topological polar surface area (TPSA) is 40.5 Å². The molecule has 0 bridgehead atoms. The third-order valence-corrected chi connectivity index (χ3v) is 3.09. The molecule has 17 heavy (non-hydrogen) atoms. The van der Waals surface area contributed by atoms with Gasteiger partial charge in [0.25, 0.3) is 0 Å². The second-order valence-electron chi connectivity index (χ2n) is 4.85. The van der Waals surface area contributed by atoms with Crippen LogP contribution >= 0.6 is 0 Å². The van der Waals surface area contributed by atoms with Gasteiger partial charge >= 0.3 is 0 Å². The van der Waals surface area contributed by atoms with Crippen LogP contribution in [0.1, 0.15) is 36.8 Å². The zero-order valence-corrected chi connectivity index (χ0v) is 10.2. The van der Waals surface area contributed by atoms with Gasteiger partial charge in [-0.05, 0) is 29.2 Å². The van der Waals surface area contributed by atoms with E-state index in [-0.39, 0.29) is 5.92 Å². The molecule has 2 rings (SSSR count). The summed E-state index contributed by atoms with van der Waals surface area (Å²) in [5.41, 5.74) is 2.48. The van der Waals surface area contributed by atoms with E-state index in [1.807, 2.05) is 12.2 Å². The average Bonchev–Trinajstić information content (AvgIpc) is 2.29. The Morgan fingerprint density at radius 3 is 2.00 bits per heavy atom. The fourth-order valence-electron chi connectivity index (χ4n) is 1.94. The van der Waals surface area contributed by atoms with Gasteiger partial charge in [-0.3, -0.25) is 0 Å². The van der Waals surface area contributed by atoms with Crippen LogP contribution in [0.2, 0.25) is 0 Å². The minimum atomic E-state index is -1.78. The number of aliphatic hydroxyl groups is 2. The molecule has 0 aromatic heterocycles. The maximum atomic E-state index is 9.34. The zero-order chi connectivity index (χ0) is 12.5. The highest BCUT2D eigenvalue weighted by atomic mass is 16.5. The van der Waals surface area contributed by atoms with E-state index in [1.54, 1.807) is 0 Å². The van der Waals surface area contributed by atoms with Crippen molar-refractivity contribution >= 4 is 0 Å². The summed E-state index contributed by atoms with van der Waals surface area (Å²) in [6.07, 6.45) is 6.44. The van der Waals surface area contributed by atoms with E-state index in [9.17, 15) is 10.2 Å². The van der Waals surface area contributed by atoms with E-state index in [4.69, 9.17) is 0 Å². The molecule has 1 aromatic rings. The van der Waals surface area contributed by atoms with Crippen molar-refractivity contribution < 1.29 is 10.2 Å². The fourth-order valence-corrected chi connectivity index (χ4v) is 1.94. The summed E-state index contributed by atoms with van der Waals surface area (Å²) in [6, 6.07) is 8.44. The van der Waals surface area contributed by atoms with Crippen molar-refractivity contribution in [2.24, 2.45) is 0 Å². The molecule has 1 aromatic carbocycles. The van der Waals surface area contributed by atoms with Gasteiger partial charge in [-0.1, -0.05) is 50.3 Å². The lowest BCUT2D eigenvalue weighted by Crippen LogP contribution is -2.23. The van der Waals surface area contributed by atoms with Gasteiger partial charge in [0.05, 0.1) is 0 Å². The van der Waals surface area contributed by atoms with Gasteiger partial charge in [-0.25, -0.2) is 0 Å². The summed E-state index contributed by atoms with van der Waals surface area (Å²) < 4.78 is 0. The molecule has 1 aliphatic rings. The quantitative estimate of drug-likeness (QED) is 0.606. The largest absolute Gasteiger partial charge is 0.359 e. The summed E-state index contributed by atoms with van der Waals surface area (Å²) in [5, 5.41) is 18.7. The van der Waals surface area contributed by atoms with Gasteiger partial charge in [-0.2, -0.15) is 0 Å². The smallest absolute Gasteiger partial charge is 0.202 e. The molecule has 0 radical (unpaired) electrons. The van der Waals surface area contributed by atoms with Gasteiger partial charge in [0.2, 0.25) is 5.79 Å². The lowest BCUT2D eigenvalue weighted by atomic mass is 9.91. The Balaban J connectivity index is 2.17. The maximum absolute atomic E-state index is 9.34. The second-order valence-corrected chi connectivity index (χ2v) is 4.85. The Bertz CT molecular complexity index is 422. The van der Waals surface area contributed by atoms with Gasteiger partial charge < -0.3 is 10.2 Å². The predicted octanol–water partition coefficient (Wildman–Crippen LogP) is 2.70. The van der Waals surface area contributed by atoms with Crippen LogP contribution in [0.5, 0.6) is 0 Å². The first-order chi connectivity index (χ1) is 7.98. The number of hydrogen-bond acceptors (Lipinski definition) is 2. The standard InChI is InChI=1S/C15H18O2/c1-11(2)12-3-5-13(6-4-12)14-7-9-15(16,17)10-8-14/h3-11,14,16-17H,1-2H3. The van der Waals surface area contributed by atoms with Crippen molar-refractivity contribution in [3.05, 3.63) is 59.7 Å². The summed E-state index contributed by atoms with van der Waals surface area (Å²) in [4.78, 5) is 0. The minimum Gasteiger partial charge on any atom is -0.359 e. The lowest BCUT2D eigenvalue weighted by molar-refractivity contribution is -0.0754. The maximum Gasteiger partial charge on any atom is 0.202 e. The van der Waals surface area contributed by atoms with Crippen LogP contribution in [-0.2, 0) is 0 Å². The highest BCUT2D eigenvalue weighted by molar-refractivity contribution is 5.35. The van der Waals surface area contributed by atoms with Gasteiger partial charge in [0, 0.05) is 5.92 Å². The lowest BCUT2D eigenvalue weighted by Gasteiger charge is -2.20. The molecule has 0 spiro atoms. The van der Waals surface area contributed by atoms with Crippen molar-refractivity contribution in [1.29, 1.82) is 0 Å². The molecule has 2 heteroatoms. The summed E-state index contributed by atoms with van der Waals surface area (Å²) in [6.45, 7) is 4.34. The Kier molecular flexibility index (Phi) is 3.18. The molecule has 2 nitrogen and oxygen atoms in total. The SMILES string of the molecule is CC(C)c1ccc(C2C=CC(O)(O)C=C2)cc1. The molecule has 0 saturated heterocycles. The molecule has 0 aliphatic heterocycles. The Labute approximate surface area is 102 Å². The van der Waals surface area contributed by atoms with E-state index in [2.05, 4.69) is 38.1 Å². The molecule has 2 N–H and O–H groups in total. The van der Waals surface area contributed by atoms with Crippen LogP contribution < -0.4 is 0 Å². The highest BCUT2D eigenvalue weighted by Gasteiger charge is 2.20. The van der Waals surface area contributed by atoms with Crippen LogP contribution in [-0.4, -0.2) is 16.0 Å². The number of benzene rings is 1. The van der Waals surface area contributed by atoms with Crippen LogP contribution in [0, 0.1) is 0 Å². The van der Waals surface area contributed by atoms with Crippen LogP contribution in [0.15, 0.2) is 48.6 Å². The molecule has 1 aliphatic carbocycles.